The Kier molecular flexibility index (Phi) is 5.19. The van der Waals surface area contributed by atoms with Crippen LogP contribution in [0.25, 0.3) is 0 Å². The van der Waals surface area contributed by atoms with E-state index in [9.17, 15) is 9.46 Å². The van der Waals surface area contributed by atoms with Crippen molar-refractivity contribution in [2.75, 3.05) is 6.61 Å². The summed E-state index contributed by atoms with van der Waals surface area (Å²) in [5.41, 5.74) is 1.86. The van der Waals surface area contributed by atoms with Crippen molar-refractivity contribution in [2.24, 2.45) is 0 Å². The number of unbranched alkanes of at least 4 members (excludes halogenated alkanes) is 1. The van der Waals surface area contributed by atoms with Crippen LogP contribution in [0.3, 0.4) is 0 Å². The van der Waals surface area contributed by atoms with Gasteiger partial charge >= 0.3 is 7.82 Å². The van der Waals surface area contributed by atoms with Crippen LogP contribution in [0.5, 0.6) is 5.75 Å². The summed E-state index contributed by atoms with van der Waals surface area (Å²) < 4.78 is 21.5. The summed E-state index contributed by atoms with van der Waals surface area (Å²) >= 11 is 0. The van der Waals surface area contributed by atoms with E-state index in [0.717, 1.165) is 24.0 Å². The normalized spacial score (nSPS) is 14.4. The Morgan fingerprint density at radius 1 is 1.35 bits per heavy atom. The third-order valence-corrected chi connectivity index (χ3v) is 3.46. The van der Waals surface area contributed by atoms with Gasteiger partial charge in [-0.25, -0.2) is 4.57 Å². The Bertz CT molecular complexity index is 417. The number of hydrogen-bond acceptors (Lipinski definition) is 3. The topological polar surface area (TPSA) is 55.8 Å². The van der Waals surface area contributed by atoms with E-state index in [4.69, 9.17) is 9.05 Å². The van der Waals surface area contributed by atoms with Crippen LogP contribution in [-0.2, 0) is 9.09 Å². The zero-order valence-electron chi connectivity index (χ0n) is 10.5. The van der Waals surface area contributed by atoms with E-state index in [-0.39, 0.29) is 6.61 Å². The quantitative estimate of drug-likeness (QED) is 0.625. The minimum atomic E-state index is -3.99. The number of phosphoric acid groups is 1. The molecular formula is C12H19O4P. The van der Waals surface area contributed by atoms with E-state index in [1.165, 1.54) is 0 Å². The maximum absolute atomic E-state index is 11.6. The second kappa shape index (κ2) is 6.20. The van der Waals surface area contributed by atoms with Gasteiger partial charge in [-0.15, -0.1) is 0 Å². The summed E-state index contributed by atoms with van der Waals surface area (Å²) in [6.07, 6.45) is 1.64. The number of rotatable bonds is 6. The Labute approximate surface area is 102 Å². The molecule has 0 aromatic heterocycles. The Morgan fingerprint density at radius 3 is 2.71 bits per heavy atom. The van der Waals surface area contributed by atoms with Crippen LogP contribution in [0, 0.1) is 13.8 Å². The Morgan fingerprint density at radius 2 is 2.06 bits per heavy atom. The van der Waals surface area contributed by atoms with E-state index < -0.39 is 7.82 Å². The van der Waals surface area contributed by atoms with Crippen molar-refractivity contribution in [1.29, 1.82) is 0 Å². The average molecular weight is 258 g/mol. The molecule has 0 bridgehead atoms. The third-order valence-electron chi connectivity index (χ3n) is 2.52. The second-order valence-electron chi connectivity index (χ2n) is 3.94. The fraction of sp³-hybridized carbons (Fsp3) is 0.500. The molecule has 0 aliphatic carbocycles. The highest BCUT2D eigenvalue weighted by molar-refractivity contribution is 7.47. The number of benzene rings is 1. The van der Waals surface area contributed by atoms with Crippen molar-refractivity contribution < 1.29 is 18.5 Å². The van der Waals surface area contributed by atoms with Gasteiger partial charge in [0.1, 0.15) is 5.75 Å². The average Bonchev–Trinajstić information content (AvgIpc) is 2.25. The predicted molar refractivity (Wildman–Crippen MR) is 67.2 cm³/mol. The van der Waals surface area contributed by atoms with Gasteiger partial charge in [0, 0.05) is 0 Å². The SMILES string of the molecule is CCCCOP(=O)(O)Oc1cccc(C)c1C. The van der Waals surface area contributed by atoms with Gasteiger partial charge in [-0.05, 0) is 37.5 Å². The summed E-state index contributed by atoms with van der Waals surface area (Å²) in [5.74, 6) is 0.396. The minimum Gasteiger partial charge on any atom is -0.404 e. The molecule has 96 valence electrons. The third kappa shape index (κ3) is 4.50. The van der Waals surface area contributed by atoms with Gasteiger partial charge < -0.3 is 4.52 Å². The predicted octanol–water partition coefficient (Wildman–Crippen LogP) is 3.60. The van der Waals surface area contributed by atoms with Crippen LogP contribution in [0.4, 0.5) is 0 Å². The molecule has 0 aliphatic rings. The molecule has 0 radical (unpaired) electrons. The van der Waals surface area contributed by atoms with Gasteiger partial charge in [0.05, 0.1) is 6.61 Å². The lowest BCUT2D eigenvalue weighted by atomic mass is 10.1. The zero-order chi connectivity index (χ0) is 12.9. The molecule has 0 saturated heterocycles. The number of hydrogen-bond donors (Lipinski definition) is 1. The van der Waals surface area contributed by atoms with Crippen molar-refractivity contribution in [1.82, 2.24) is 0 Å². The number of phosphoric ester groups is 1. The first kappa shape index (κ1) is 14.2. The first-order chi connectivity index (χ1) is 7.96. The second-order valence-corrected chi connectivity index (χ2v) is 5.32. The molecule has 1 unspecified atom stereocenters. The van der Waals surface area contributed by atoms with E-state index in [0.29, 0.717) is 5.75 Å². The van der Waals surface area contributed by atoms with E-state index in [1.54, 1.807) is 12.1 Å². The maximum Gasteiger partial charge on any atom is 0.527 e. The molecule has 4 nitrogen and oxygen atoms in total. The molecule has 17 heavy (non-hydrogen) atoms. The first-order valence-corrected chi connectivity index (χ1v) is 7.19. The van der Waals surface area contributed by atoms with Crippen LogP contribution in [-0.4, -0.2) is 11.5 Å². The van der Waals surface area contributed by atoms with Crippen LogP contribution >= 0.6 is 7.82 Å². The van der Waals surface area contributed by atoms with Crippen LogP contribution < -0.4 is 4.52 Å². The van der Waals surface area contributed by atoms with Gasteiger partial charge in [-0.1, -0.05) is 25.5 Å². The molecule has 0 amide bonds. The van der Waals surface area contributed by atoms with Gasteiger partial charge in [0.25, 0.3) is 0 Å². The van der Waals surface area contributed by atoms with Crippen LogP contribution in [0.2, 0.25) is 0 Å². The molecule has 1 atom stereocenters. The summed E-state index contributed by atoms with van der Waals surface area (Å²) in [6, 6.07) is 5.36. The lowest BCUT2D eigenvalue weighted by Crippen LogP contribution is -2.00. The van der Waals surface area contributed by atoms with Gasteiger partial charge in [0.15, 0.2) is 0 Å². The molecule has 1 rings (SSSR count). The molecule has 0 fully saturated rings. The van der Waals surface area contributed by atoms with E-state index >= 15 is 0 Å². The summed E-state index contributed by atoms with van der Waals surface area (Å²) in [7, 11) is -3.99. The van der Waals surface area contributed by atoms with Gasteiger partial charge in [0.2, 0.25) is 0 Å². The molecule has 1 N–H and O–H groups in total. The zero-order valence-corrected chi connectivity index (χ0v) is 11.4. The minimum absolute atomic E-state index is 0.231. The van der Waals surface area contributed by atoms with Gasteiger partial charge in [-0.2, -0.15) is 0 Å². The molecule has 0 heterocycles. The van der Waals surface area contributed by atoms with Crippen molar-refractivity contribution >= 4 is 7.82 Å². The molecule has 0 spiro atoms. The summed E-state index contributed by atoms with van der Waals surface area (Å²) in [6.45, 7) is 5.98. The van der Waals surface area contributed by atoms with Crippen molar-refractivity contribution in [2.45, 2.75) is 33.6 Å². The maximum atomic E-state index is 11.6. The van der Waals surface area contributed by atoms with Crippen molar-refractivity contribution in [3.8, 4) is 5.75 Å². The van der Waals surface area contributed by atoms with E-state index in [2.05, 4.69) is 0 Å². The van der Waals surface area contributed by atoms with Crippen molar-refractivity contribution in [3.05, 3.63) is 29.3 Å². The summed E-state index contributed by atoms with van der Waals surface area (Å²) in [4.78, 5) is 9.52. The van der Waals surface area contributed by atoms with Crippen LogP contribution in [0.15, 0.2) is 18.2 Å². The molecule has 0 aliphatic heterocycles. The Hall–Kier alpha value is -0.830. The lowest BCUT2D eigenvalue weighted by molar-refractivity contribution is 0.200. The monoisotopic (exact) mass is 258 g/mol. The van der Waals surface area contributed by atoms with Gasteiger partial charge in [-0.3, -0.25) is 9.42 Å². The summed E-state index contributed by atoms with van der Waals surface area (Å²) in [5, 5.41) is 0. The molecule has 1 aromatic carbocycles. The first-order valence-electron chi connectivity index (χ1n) is 5.69. The molecule has 0 saturated carbocycles. The largest absolute Gasteiger partial charge is 0.527 e. The fourth-order valence-electron chi connectivity index (χ4n) is 1.30. The highest BCUT2D eigenvalue weighted by Gasteiger charge is 2.23. The highest BCUT2D eigenvalue weighted by Crippen LogP contribution is 2.45. The molecular weight excluding hydrogens is 239 g/mol. The lowest BCUT2D eigenvalue weighted by Gasteiger charge is -2.15. The number of aryl methyl sites for hydroxylation is 1. The van der Waals surface area contributed by atoms with Crippen molar-refractivity contribution in [3.63, 3.8) is 0 Å². The Balaban J connectivity index is 2.69. The van der Waals surface area contributed by atoms with Crippen LogP contribution in [0.1, 0.15) is 30.9 Å². The fourth-order valence-corrected chi connectivity index (χ4v) is 2.16. The highest BCUT2D eigenvalue weighted by atomic mass is 31.2. The standard InChI is InChI=1S/C12H19O4P/c1-4-5-9-15-17(13,14)16-12-8-6-7-10(2)11(12)3/h6-8H,4-5,9H2,1-3H3,(H,13,14). The molecule has 1 aromatic rings. The van der Waals surface area contributed by atoms with E-state index in [1.807, 2.05) is 26.8 Å². The smallest absolute Gasteiger partial charge is 0.404 e. The molecule has 5 heteroatoms.